The molecule has 0 aromatic carbocycles. The minimum absolute atomic E-state index is 0.925. The van der Waals surface area contributed by atoms with E-state index in [2.05, 4.69) is 12.6 Å². The monoisotopic (exact) mass is 167 g/mol. The first-order chi connectivity index (χ1) is 4.36. The first-order valence-corrected chi connectivity index (χ1v) is 2.95. The third-order valence-electron chi connectivity index (χ3n) is 0.873. The van der Waals surface area contributed by atoms with Crippen molar-refractivity contribution in [1.82, 2.24) is 5.32 Å². The minimum Gasteiger partial charge on any atom is -0.386 e. The first kappa shape index (κ1) is 9.70. The van der Waals surface area contributed by atoms with Crippen LogP contribution in [0.25, 0.3) is 0 Å². The Morgan fingerprint density at radius 1 is 1.70 bits per heavy atom. The summed E-state index contributed by atoms with van der Waals surface area (Å²) in [7, 11) is 0. The molecule has 5 nitrogen and oxygen atoms in total. The second kappa shape index (κ2) is 3.20. The fraction of sp³-hybridized carbons (Fsp3) is 0.750. The van der Waals surface area contributed by atoms with Crippen molar-refractivity contribution in [3.63, 3.8) is 0 Å². The van der Waals surface area contributed by atoms with E-state index in [1.807, 2.05) is 0 Å². The van der Waals surface area contributed by atoms with Crippen molar-refractivity contribution in [3.8, 4) is 0 Å². The fourth-order valence-electron chi connectivity index (χ4n) is 0.262. The van der Waals surface area contributed by atoms with E-state index in [9.17, 15) is 4.79 Å². The molecular weight excluding hydrogens is 158 g/mol. The number of hydrogen-bond donors (Lipinski definition) is 5. The molecule has 0 aliphatic rings. The highest BCUT2D eigenvalue weighted by Crippen LogP contribution is 2.01. The van der Waals surface area contributed by atoms with E-state index in [0.717, 1.165) is 6.92 Å². The molecule has 0 spiro atoms. The SMILES string of the molecule is CC(O)C(O)(O)NC(=O)S. The van der Waals surface area contributed by atoms with Crippen LogP contribution in [-0.4, -0.2) is 32.6 Å². The van der Waals surface area contributed by atoms with Crippen LogP contribution in [0.4, 0.5) is 4.79 Å². The lowest BCUT2D eigenvalue weighted by molar-refractivity contribution is -0.230. The lowest BCUT2D eigenvalue weighted by Crippen LogP contribution is -2.54. The van der Waals surface area contributed by atoms with Gasteiger partial charge in [0.25, 0.3) is 11.2 Å². The molecule has 0 rings (SSSR count). The second-order valence-corrected chi connectivity index (χ2v) is 2.24. The van der Waals surface area contributed by atoms with Crippen LogP contribution in [-0.2, 0) is 0 Å². The molecule has 1 atom stereocenters. The fourth-order valence-corrected chi connectivity index (χ4v) is 0.426. The molecule has 0 aliphatic carbocycles. The maximum atomic E-state index is 10.1. The van der Waals surface area contributed by atoms with E-state index in [4.69, 9.17) is 15.3 Å². The summed E-state index contributed by atoms with van der Waals surface area (Å²) in [5, 5.41) is 26.6. The van der Waals surface area contributed by atoms with Gasteiger partial charge in [-0.15, -0.1) is 0 Å². The predicted octanol–water partition coefficient (Wildman–Crippen LogP) is -1.36. The highest BCUT2D eigenvalue weighted by atomic mass is 32.1. The molecule has 0 aromatic heterocycles. The zero-order valence-electron chi connectivity index (χ0n) is 5.27. The normalized spacial score (nSPS) is 14.5. The molecule has 0 fully saturated rings. The van der Waals surface area contributed by atoms with E-state index in [1.54, 1.807) is 5.32 Å². The number of nitrogens with one attached hydrogen (secondary N) is 1. The van der Waals surface area contributed by atoms with Crippen LogP contribution in [0, 0.1) is 0 Å². The Bertz CT molecular complexity index is 135. The lowest BCUT2D eigenvalue weighted by Gasteiger charge is -2.24. The van der Waals surface area contributed by atoms with Gasteiger partial charge in [-0.1, -0.05) is 12.6 Å². The van der Waals surface area contributed by atoms with Crippen LogP contribution in [0.2, 0.25) is 0 Å². The summed E-state index contributed by atoms with van der Waals surface area (Å²) in [6.45, 7) is 1.11. The van der Waals surface area contributed by atoms with Gasteiger partial charge in [-0.05, 0) is 6.92 Å². The first-order valence-electron chi connectivity index (χ1n) is 2.50. The van der Waals surface area contributed by atoms with Gasteiger partial charge >= 0.3 is 0 Å². The Labute approximate surface area is 63.1 Å². The molecule has 6 heteroatoms. The van der Waals surface area contributed by atoms with Crippen molar-refractivity contribution < 1.29 is 20.1 Å². The number of carbonyl (C=O) groups is 1. The van der Waals surface area contributed by atoms with E-state index in [-0.39, 0.29) is 0 Å². The lowest BCUT2D eigenvalue weighted by atomic mass is 10.3. The van der Waals surface area contributed by atoms with Gasteiger partial charge < -0.3 is 15.3 Å². The maximum absolute atomic E-state index is 10.1. The Hall–Kier alpha value is -0.300. The average molecular weight is 167 g/mol. The van der Waals surface area contributed by atoms with Crippen LogP contribution in [0.15, 0.2) is 0 Å². The van der Waals surface area contributed by atoms with Crippen molar-refractivity contribution in [1.29, 1.82) is 0 Å². The standard InChI is InChI=1S/C4H9NO4S/c1-2(6)4(8,9)5-3(7)10/h2,6,8-9H,1H3,(H2,5,7,10). The molecule has 0 bridgehead atoms. The molecule has 0 aromatic rings. The number of amides is 1. The molecule has 0 aliphatic heterocycles. The summed E-state index contributed by atoms with van der Waals surface area (Å²) in [6.07, 6.45) is -1.47. The van der Waals surface area contributed by atoms with E-state index >= 15 is 0 Å². The van der Waals surface area contributed by atoms with E-state index in [0.29, 0.717) is 0 Å². The third-order valence-corrected chi connectivity index (χ3v) is 0.985. The zero-order valence-corrected chi connectivity index (χ0v) is 6.17. The second-order valence-electron chi connectivity index (χ2n) is 1.83. The molecule has 1 amide bonds. The molecule has 10 heavy (non-hydrogen) atoms. The van der Waals surface area contributed by atoms with Crippen LogP contribution in [0.1, 0.15) is 6.92 Å². The molecular formula is C4H9NO4S. The number of rotatable bonds is 2. The largest absolute Gasteiger partial charge is 0.386 e. The zero-order chi connectivity index (χ0) is 8.36. The molecule has 1 unspecified atom stereocenters. The molecule has 0 heterocycles. The number of hydrogen-bond acceptors (Lipinski definition) is 4. The molecule has 4 N–H and O–H groups in total. The summed E-state index contributed by atoms with van der Waals surface area (Å²) in [5.74, 6) is -2.60. The summed E-state index contributed by atoms with van der Waals surface area (Å²) < 4.78 is 0. The van der Waals surface area contributed by atoms with Gasteiger partial charge in [0.1, 0.15) is 6.10 Å². The van der Waals surface area contributed by atoms with Crippen LogP contribution in [0.5, 0.6) is 0 Å². The molecule has 0 radical (unpaired) electrons. The highest BCUT2D eigenvalue weighted by molar-refractivity contribution is 7.96. The van der Waals surface area contributed by atoms with Crippen molar-refractivity contribution in [2.24, 2.45) is 0 Å². The number of thiol groups is 1. The Balaban J connectivity index is 3.99. The summed E-state index contributed by atoms with van der Waals surface area (Å²) >= 11 is 3.20. The van der Waals surface area contributed by atoms with Gasteiger partial charge in [0.2, 0.25) is 0 Å². The summed E-state index contributed by atoms with van der Waals surface area (Å²) in [6, 6.07) is 0. The van der Waals surface area contributed by atoms with Gasteiger partial charge in [0.05, 0.1) is 0 Å². The topological polar surface area (TPSA) is 89.8 Å². The van der Waals surface area contributed by atoms with Gasteiger partial charge in [0.15, 0.2) is 0 Å². The van der Waals surface area contributed by atoms with Crippen LogP contribution in [0.3, 0.4) is 0 Å². The Morgan fingerprint density at radius 3 is 2.20 bits per heavy atom. The summed E-state index contributed by atoms with van der Waals surface area (Å²) in [5.41, 5.74) is 0. The van der Waals surface area contributed by atoms with Crippen LogP contribution >= 0.6 is 12.6 Å². The maximum Gasteiger partial charge on any atom is 0.280 e. The van der Waals surface area contributed by atoms with Crippen molar-refractivity contribution >= 4 is 17.9 Å². The van der Waals surface area contributed by atoms with Crippen LogP contribution < -0.4 is 5.32 Å². The number of carbonyl (C=O) groups excluding carboxylic acids is 1. The number of aliphatic hydroxyl groups is 3. The van der Waals surface area contributed by atoms with Gasteiger partial charge in [-0.2, -0.15) is 0 Å². The molecule has 60 valence electrons. The quantitative estimate of drug-likeness (QED) is 0.260. The minimum atomic E-state index is -2.60. The third kappa shape index (κ3) is 3.02. The van der Waals surface area contributed by atoms with Gasteiger partial charge in [0, 0.05) is 0 Å². The molecule has 0 saturated heterocycles. The Morgan fingerprint density at radius 2 is 2.10 bits per heavy atom. The number of aliphatic hydroxyl groups excluding tert-OH is 1. The molecule has 0 saturated carbocycles. The Kier molecular flexibility index (Phi) is 3.10. The highest BCUT2D eigenvalue weighted by Gasteiger charge is 2.30. The van der Waals surface area contributed by atoms with Gasteiger partial charge in [-0.3, -0.25) is 10.1 Å². The van der Waals surface area contributed by atoms with E-state index in [1.165, 1.54) is 0 Å². The summed E-state index contributed by atoms with van der Waals surface area (Å²) in [4.78, 5) is 10.1. The smallest absolute Gasteiger partial charge is 0.280 e. The van der Waals surface area contributed by atoms with Crippen molar-refractivity contribution in [2.75, 3.05) is 0 Å². The van der Waals surface area contributed by atoms with Crippen molar-refractivity contribution in [3.05, 3.63) is 0 Å². The van der Waals surface area contributed by atoms with E-state index < -0.39 is 17.3 Å². The average Bonchev–Trinajstić information content (AvgIpc) is 1.60. The predicted molar refractivity (Wildman–Crippen MR) is 36.4 cm³/mol. The van der Waals surface area contributed by atoms with Gasteiger partial charge in [-0.25, -0.2) is 0 Å². The van der Waals surface area contributed by atoms with Crippen molar-refractivity contribution in [2.45, 2.75) is 18.9 Å².